The first kappa shape index (κ1) is 12.3. The van der Waals surface area contributed by atoms with Gasteiger partial charge >= 0.3 is 0 Å². The third kappa shape index (κ3) is 2.38. The van der Waals surface area contributed by atoms with Crippen LogP contribution in [-0.2, 0) is 6.54 Å². The van der Waals surface area contributed by atoms with Crippen molar-refractivity contribution in [1.82, 2.24) is 9.78 Å². The van der Waals surface area contributed by atoms with Crippen molar-refractivity contribution < 1.29 is 0 Å². The number of hydrogen-bond acceptors (Lipinski definition) is 1. The predicted octanol–water partition coefficient (Wildman–Crippen LogP) is 4.21. The number of halogens is 2. The molecule has 1 aliphatic carbocycles. The SMILES string of the molecule is CCn1ncc(Cl)c1C1CCCCCC1Cl. The van der Waals surface area contributed by atoms with Gasteiger partial charge in [0.1, 0.15) is 0 Å². The minimum atomic E-state index is 0.210. The molecule has 0 aromatic carbocycles. The highest BCUT2D eigenvalue weighted by Crippen LogP contribution is 2.38. The zero-order valence-electron chi connectivity index (χ0n) is 9.63. The first-order valence-electron chi connectivity index (χ1n) is 6.09. The maximum absolute atomic E-state index is 6.48. The van der Waals surface area contributed by atoms with Crippen molar-refractivity contribution in [3.8, 4) is 0 Å². The van der Waals surface area contributed by atoms with Gasteiger partial charge in [-0.15, -0.1) is 11.6 Å². The van der Waals surface area contributed by atoms with Crippen molar-refractivity contribution in [3.63, 3.8) is 0 Å². The third-order valence-electron chi connectivity index (χ3n) is 3.42. The van der Waals surface area contributed by atoms with E-state index in [-0.39, 0.29) is 5.38 Å². The molecule has 0 radical (unpaired) electrons. The van der Waals surface area contributed by atoms with E-state index in [0.29, 0.717) is 5.92 Å². The Labute approximate surface area is 107 Å². The summed E-state index contributed by atoms with van der Waals surface area (Å²) in [4.78, 5) is 0. The number of aryl methyl sites for hydroxylation is 1. The van der Waals surface area contributed by atoms with Crippen LogP contribution in [0.25, 0.3) is 0 Å². The fraction of sp³-hybridized carbons (Fsp3) is 0.750. The van der Waals surface area contributed by atoms with E-state index < -0.39 is 0 Å². The van der Waals surface area contributed by atoms with Crippen molar-refractivity contribution in [2.75, 3.05) is 0 Å². The fourth-order valence-electron chi connectivity index (χ4n) is 2.56. The lowest BCUT2D eigenvalue weighted by Crippen LogP contribution is -2.16. The second-order valence-electron chi connectivity index (χ2n) is 4.45. The summed E-state index contributed by atoms with van der Waals surface area (Å²) in [6.45, 7) is 2.95. The molecule has 1 aromatic rings. The first-order valence-corrected chi connectivity index (χ1v) is 6.90. The normalized spacial score (nSPS) is 26.7. The lowest BCUT2D eigenvalue weighted by molar-refractivity contribution is 0.522. The Kier molecular flexibility index (Phi) is 4.15. The van der Waals surface area contributed by atoms with E-state index in [1.807, 2.05) is 4.68 Å². The van der Waals surface area contributed by atoms with Gasteiger partial charge in [-0.3, -0.25) is 4.68 Å². The van der Waals surface area contributed by atoms with Crippen molar-refractivity contribution in [2.24, 2.45) is 0 Å². The number of alkyl halides is 1. The molecule has 90 valence electrons. The minimum absolute atomic E-state index is 0.210. The van der Waals surface area contributed by atoms with Crippen molar-refractivity contribution >= 4 is 23.2 Å². The third-order valence-corrected chi connectivity index (χ3v) is 4.23. The molecule has 16 heavy (non-hydrogen) atoms. The zero-order chi connectivity index (χ0) is 11.5. The maximum Gasteiger partial charge on any atom is 0.0821 e. The summed E-state index contributed by atoms with van der Waals surface area (Å²) >= 11 is 12.7. The number of aromatic nitrogens is 2. The van der Waals surface area contributed by atoms with E-state index in [0.717, 1.165) is 30.1 Å². The molecule has 1 aromatic heterocycles. The topological polar surface area (TPSA) is 17.8 Å². The molecule has 4 heteroatoms. The molecule has 2 atom stereocenters. The van der Waals surface area contributed by atoms with E-state index in [1.165, 1.54) is 19.3 Å². The van der Waals surface area contributed by atoms with Gasteiger partial charge in [-0.05, 0) is 19.8 Å². The Morgan fingerprint density at radius 2 is 2.12 bits per heavy atom. The fourth-order valence-corrected chi connectivity index (χ4v) is 3.24. The Morgan fingerprint density at radius 3 is 2.88 bits per heavy atom. The van der Waals surface area contributed by atoms with Gasteiger partial charge in [-0.1, -0.05) is 30.9 Å². The van der Waals surface area contributed by atoms with Gasteiger partial charge < -0.3 is 0 Å². The summed E-state index contributed by atoms with van der Waals surface area (Å²) in [5, 5.41) is 5.29. The van der Waals surface area contributed by atoms with Gasteiger partial charge in [0.15, 0.2) is 0 Å². The largest absolute Gasteiger partial charge is 0.268 e. The molecule has 0 bridgehead atoms. The highest BCUT2D eigenvalue weighted by molar-refractivity contribution is 6.31. The first-order chi connectivity index (χ1) is 7.74. The molecule has 0 aliphatic heterocycles. The van der Waals surface area contributed by atoms with Crippen LogP contribution in [0.2, 0.25) is 5.02 Å². The molecule has 0 amide bonds. The van der Waals surface area contributed by atoms with Crippen LogP contribution in [0, 0.1) is 0 Å². The van der Waals surface area contributed by atoms with E-state index >= 15 is 0 Å². The number of nitrogens with zero attached hydrogens (tertiary/aromatic N) is 2. The zero-order valence-corrected chi connectivity index (χ0v) is 11.1. The quantitative estimate of drug-likeness (QED) is 0.576. The van der Waals surface area contributed by atoms with Gasteiger partial charge in [0.25, 0.3) is 0 Å². The summed E-state index contributed by atoms with van der Waals surface area (Å²) in [5.41, 5.74) is 1.14. The van der Waals surface area contributed by atoms with Crippen molar-refractivity contribution in [3.05, 3.63) is 16.9 Å². The molecule has 0 N–H and O–H groups in total. The second kappa shape index (κ2) is 5.42. The molecule has 1 aliphatic rings. The van der Waals surface area contributed by atoms with Crippen LogP contribution in [-0.4, -0.2) is 15.2 Å². The summed E-state index contributed by atoms with van der Waals surface area (Å²) in [6, 6.07) is 0. The van der Waals surface area contributed by atoms with Crippen molar-refractivity contribution in [2.45, 2.75) is 56.9 Å². The van der Waals surface area contributed by atoms with Crippen LogP contribution < -0.4 is 0 Å². The monoisotopic (exact) mass is 260 g/mol. The van der Waals surface area contributed by atoms with Gasteiger partial charge in [-0.25, -0.2) is 0 Å². The van der Waals surface area contributed by atoms with Crippen LogP contribution in [0.3, 0.4) is 0 Å². The molecule has 2 unspecified atom stereocenters. The average Bonchev–Trinajstić information content (AvgIpc) is 2.51. The van der Waals surface area contributed by atoms with Gasteiger partial charge in [0.2, 0.25) is 0 Å². The Hall–Kier alpha value is -0.210. The molecule has 2 nitrogen and oxygen atoms in total. The van der Waals surface area contributed by atoms with Crippen LogP contribution >= 0.6 is 23.2 Å². The maximum atomic E-state index is 6.48. The van der Waals surface area contributed by atoms with E-state index in [1.54, 1.807) is 6.20 Å². The summed E-state index contributed by atoms with van der Waals surface area (Å²) in [7, 11) is 0. The van der Waals surface area contributed by atoms with E-state index in [2.05, 4.69) is 12.0 Å². The Balaban J connectivity index is 2.29. The lowest BCUT2D eigenvalue weighted by Gasteiger charge is -2.21. The van der Waals surface area contributed by atoms with Crippen LogP contribution in [0.4, 0.5) is 0 Å². The standard InChI is InChI=1S/C12H18Cl2N2/c1-2-16-12(11(14)8-15-16)9-6-4-3-5-7-10(9)13/h8-10H,2-7H2,1H3. The summed E-state index contributed by atoms with van der Waals surface area (Å²) in [5.74, 6) is 0.374. The van der Waals surface area contributed by atoms with Gasteiger partial charge in [0, 0.05) is 17.8 Å². The van der Waals surface area contributed by atoms with Crippen LogP contribution in [0.1, 0.15) is 50.6 Å². The molecule has 2 rings (SSSR count). The lowest BCUT2D eigenvalue weighted by atomic mass is 9.96. The molecule has 0 spiro atoms. The van der Waals surface area contributed by atoms with E-state index in [4.69, 9.17) is 23.2 Å². The number of rotatable bonds is 2. The van der Waals surface area contributed by atoms with Crippen LogP contribution in [0.15, 0.2) is 6.20 Å². The Bertz CT molecular complexity index is 349. The molecule has 1 saturated carbocycles. The number of hydrogen-bond donors (Lipinski definition) is 0. The summed E-state index contributed by atoms with van der Waals surface area (Å²) in [6.07, 6.45) is 7.76. The predicted molar refractivity (Wildman–Crippen MR) is 68.4 cm³/mol. The summed E-state index contributed by atoms with van der Waals surface area (Å²) < 4.78 is 1.99. The van der Waals surface area contributed by atoms with Gasteiger partial charge in [0.05, 0.1) is 16.9 Å². The van der Waals surface area contributed by atoms with Crippen LogP contribution in [0.5, 0.6) is 0 Å². The molecule has 0 saturated heterocycles. The Morgan fingerprint density at radius 1 is 1.38 bits per heavy atom. The average molecular weight is 261 g/mol. The highest BCUT2D eigenvalue weighted by atomic mass is 35.5. The smallest absolute Gasteiger partial charge is 0.0821 e. The van der Waals surface area contributed by atoms with E-state index in [9.17, 15) is 0 Å². The molecular weight excluding hydrogens is 243 g/mol. The molecule has 1 fully saturated rings. The molecule has 1 heterocycles. The minimum Gasteiger partial charge on any atom is -0.268 e. The highest BCUT2D eigenvalue weighted by Gasteiger charge is 2.28. The second-order valence-corrected chi connectivity index (χ2v) is 5.42. The van der Waals surface area contributed by atoms with Gasteiger partial charge in [-0.2, -0.15) is 5.10 Å². The van der Waals surface area contributed by atoms with Crippen molar-refractivity contribution in [1.29, 1.82) is 0 Å². The molecular formula is C12H18Cl2N2.